The molecule has 112 valence electrons. The third-order valence-corrected chi connectivity index (χ3v) is 7.11. The highest BCUT2D eigenvalue weighted by atomic mass is 32.1. The van der Waals surface area contributed by atoms with Crippen LogP contribution in [0.5, 0.6) is 0 Å². The fraction of sp³-hybridized carbons (Fsp3) is 0.778. The third kappa shape index (κ3) is 2.82. The van der Waals surface area contributed by atoms with E-state index >= 15 is 0 Å². The molecule has 1 aromatic heterocycles. The largest absolute Gasteiger partial charge is 0.312 e. The molecule has 2 aliphatic rings. The van der Waals surface area contributed by atoms with Crippen molar-refractivity contribution in [1.82, 2.24) is 5.32 Å². The Hall–Kier alpha value is -0.340. The minimum absolute atomic E-state index is 0.285. The summed E-state index contributed by atoms with van der Waals surface area (Å²) in [6, 6.07) is 5.27. The fourth-order valence-electron chi connectivity index (χ4n) is 4.29. The first kappa shape index (κ1) is 14.6. The van der Waals surface area contributed by atoms with E-state index in [1.54, 1.807) is 4.88 Å². The van der Waals surface area contributed by atoms with Gasteiger partial charge in [-0.2, -0.15) is 0 Å². The van der Waals surface area contributed by atoms with Gasteiger partial charge in [-0.25, -0.2) is 0 Å². The minimum atomic E-state index is 0.285. The maximum atomic E-state index is 3.58. The van der Waals surface area contributed by atoms with Crippen molar-refractivity contribution < 1.29 is 0 Å². The molecule has 0 aromatic carbocycles. The van der Waals surface area contributed by atoms with Crippen LogP contribution in [-0.4, -0.2) is 7.05 Å². The molecule has 2 fully saturated rings. The molecule has 0 aliphatic heterocycles. The SMILES string of the molecule is CNC(CC1CC2CCC1C2)c1ccc(C(C)(C)C)s1. The summed E-state index contributed by atoms with van der Waals surface area (Å²) in [5.74, 6) is 3.08. The van der Waals surface area contributed by atoms with Crippen molar-refractivity contribution in [3.8, 4) is 0 Å². The Bertz CT molecular complexity index is 456. The molecule has 3 rings (SSSR count). The Labute approximate surface area is 128 Å². The van der Waals surface area contributed by atoms with Crippen molar-refractivity contribution in [2.45, 2.75) is 64.3 Å². The normalized spacial score (nSPS) is 30.9. The van der Waals surface area contributed by atoms with Crippen molar-refractivity contribution in [3.05, 3.63) is 21.9 Å². The maximum absolute atomic E-state index is 3.58. The lowest BCUT2D eigenvalue weighted by Crippen LogP contribution is -2.22. The first-order chi connectivity index (χ1) is 9.47. The van der Waals surface area contributed by atoms with Crippen LogP contribution in [0.2, 0.25) is 0 Å². The Morgan fingerprint density at radius 3 is 2.55 bits per heavy atom. The summed E-state index contributed by atoms with van der Waals surface area (Å²) in [7, 11) is 2.13. The molecule has 0 amide bonds. The first-order valence-corrected chi connectivity index (χ1v) is 9.06. The fourth-order valence-corrected chi connectivity index (χ4v) is 5.48. The van der Waals surface area contributed by atoms with Crippen LogP contribution >= 0.6 is 11.3 Å². The van der Waals surface area contributed by atoms with Gasteiger partial charge in [-0.05, 0) is 68.0 Å². The Morgan fingerprint density at radius 1 is 1.25 bits per heavy atom. The summed E-state index contributed by atoms with van der Waals surface area (Å²) in [5.41, 5.74) is 0.285. The summed E-state index contributed by atoms with van der Waals surface area (Å²) >= 11 is 2.01. The zero-order valence-electron chi connectivity index (χ0n) is 13.4. The molecule has 2 heteroatoms. The standard InChI is InChI=1S/C18H29NS/c1-18(2,3)17-8-7-16(20-17)15(19-4)11-14-10-12-5-6-13(14)9-12/h7-8,12-15,19H,5-6,9-11H2,1-4H3. The van der Waals surface area contributed by atoms with Gasteiger partial charge in [0.05, 0.1) is 0 Å². The molecular formula is C18H29NS. The molecule has 2 saturated carbocycles. The quantitative estimate of drug-likeness (QED) is 0.810. The van der Waals surface area contributed by atoms with E-state index in [1.165, 1.54) is 37.0 Å². The van der Waals surface area contributed by atoms with Crippen molar-refractivity contribution >= 4 is 11.3 Å². The number of fused-ring (bicyclic) bond motifs is 2. The van der Waals surface area contributed by atoms with Gasteiger partial charge in [0.25, 0.3) is 0 Å². The van der Waals surface area contributed by atoms with Gasteiger partial charge in [-0.3, -0.25) is 0 Å². The van der Waals surface area contributed by atoms with Crippen molar-refractivity contribution in [2.75, 3.05) is 7.05 Å². The van der Waals surface area contributed by atoms with E-state index in [-0.39, 0.29) is 5.41 Å². The van der Waals surface area contributed by atoms with E-state index < -0.39 is 0 Å². The maximum Gasteiger partial charge on any atom is 0.0415 e. The third-order valence-electron chi connectivity index (χ3n) is 5.48. The first-order valence-electron chi connectivity index (χ1n) is 8.25. The average molecular weight is 292 g/mol. The molecule has 0 spiro atoms. The van der Waals surface area contributed by atoms with E-state index in [0.717, 1.165) is 17.8 Å². The van der Waals surface area contributed by atoms with Gasteiger partial charge in [0.15, 0.2) is 0 Å². The van der Waals surface area contributed by atoms with Gasteiger partial charge in [0.1, 0.15) is 0 Å². The summed E-state index contributed by atoms with van der Waals surface area (Å²) < 4.78 is 0. The van der Waals surface area contributed by atoms with Gasteiger partial charge < -0.3 is 5.32 Å². The van der Waals surface area contributed by atoms with Gasteiger partial charge in [-0.15, -0.1) is 11.3 Å². The smallest absolute Gasteiger partial charge is 0.0415 e. The van der Waals surface area contributed by atoms with Gasteiger partial charge in [-0.1, -0.05) is 27.2 Å². The molecular weight excluding hydrogens is 262 g/mol. The Balaban J connectivity index is 1.69. The highest BCUT2D eigenvalue weighted by Gasteiger charge is 2.40. The molecule has 1 N–H and O–H groups in total. The van der Waals surface area contributed by atoms with Crippen LogP contribution in [0.1, 0.15) is 68.7 Å². The van der Waals surface area contributed by atoms with E-state index in [4.69, 9.17) is 0 Å². The second-order valence-electron chi connectivity index (χ2n) is 7.96. The van der Waals surface area contributed by atoms with Crippen molar-refractivity contribution in [1.29, 1.82) is 0 Å². The van der Waals surface area contributed by atoms with Crippen LogP contribution < -0.4 is 5.32 Å². The van der Waals surface area contributed by atoms with Crippen LogP contribution in [0.25, 0.3) is 0 Å². The lowest BCUT2D eigenvalue weighted by atomic mass is 9.84. The van der Waals surface area contributed by atoms with E-state index in [0.29, 0.717) is 6.04 Å². The van der Waals surface area contributed by atoms with Gasteiger partial charge in [0.2, 0.25) is 0 Å². The summed E-state index contributed by atoms with van der Waals surface area (Å²) in [6.45, 7) is 6.94. The molecule has 0 saturated heterocycles. The van der Waals surface area contributed by atoms with E-state index in [2.05, 4.69) is 45.3 Å². The predicted molar refractivity (Wildman–Crippen MR) is 88.4 cm³/mol. The van der Waals surface area contributed by atoms with Crippen LogP contribution in [0.3, 0.4) is 0 Å². The minimum Gasteiger partial charge on any atom is -0.312 e. The highest BCUT2D eigenvalue weighted by molar-refractivity contribution is 7.12. The summed E-state index contributed by atoms with van der Waals surface area (Å²) in [6.07, 6.45) is 7.39. The number of thiophene rings is 1. The molecule has 0 radical (unpaired) electrons. The predicted octanol–water partition coefficient (Wildman–Crippen LogP) is 5.13. The highest BCUT2D eigenvalue weighted by Crippen LogP contribution is 2.51. The van der Waals surface area contributed by atoms with Crippen LogP contribution in [0.4, 0.5) is 0 Å². The number of hydrogen-bond acceptors (Lipinski definition) is 2. The Morgan fingerprint density at radius 2 is 2.05 bits per heavy atom. The van der Waals surface area contributed by atoms with E-state index in [1.807, 2.05) is 11.3 Å². The zero-order chi connectivity index (χ0) is 14.3. The summed E-state index contributed by atoms with van der Waals surface area (Å²) in [4.78, 5) is 3.06. The number of hydrogen-bond donors (Lipinski definition) is 1. The van der Waals surface area contributed by atoms with Gasteiger partial charge >= 0.3 is 0 Å². The van der Waals surface area contributed by atoms with E-state index in [9.17, 15) is 0 Å². The van der Waals surface area contributed by atoms with Crippen LogP contribution in [0, 0.1) is 17.8 Å². The second-order valence-corrected chi connectivity index (χ2v) is 9.08. The average Bonchev–Trinajstić information content (AvgIpc) is 3.09. The summed E-state index contributed by atoms with van der Waals surface area (Å²) in [5, 5.41) is 3.58. The number of nitrogens with one attached hydrogen (secondary N) is 1. The van der Waals surface area contributed by atoms with Crippen molar-refractivity contribution in [3.63, 3.8) is 0 Å². The topological polar surface area (TPSA) is 12.0 Å². The molecule has 20 heavy (non-hydrogen) atoms. The zero-order valence-corrected chi connectivity index (χ0v) is 14.2. The van der Waals surface area contributed by atoms with Crippen LogP contribution in [0.15, 0.2) is 12.1 Å². The molecule has 2 aliphatic carbocycles. The lowest BCUT2D eigenvalue weighted by Gasteiger charge is -2.26. The molecule has 2 bridgehead atoms. The second kappa shape index (κ2) is 5.46. The molecule has 4 unspecified atom stereocenters. The molecule has 4 atom stereocenters. The Kier molecular flexibility index (Phi) is 3.98. The van der Waals surface area contributed by atoms with Crippen molar-refractivity contribution in [2.24, 2.45) is 17.8 Å². The molecule has 1 heterocycles. The van der Waals surface area contributed by atoms with Crippen LogP contribution in [-0.2, 0) is 5.41 Å². The molecule has 1 aromatic rings. The number of rotatable bonds is 4. The van der Waals surface area contributed by atoms with Gasteiger partial charge in [0, 0.05) is 15.8 Å². The lowest BCUT2D eigenvalue weighted by molar-refractivity contribution is 0.285. The monoisotopic (exact) mass is 291 g/mol. The molecule has 1 nitrogen and oxygen atoms in total.